The van der Waals surface area contributed by atoms with Crippen LogP contribution in [0, 0.1) is 12.8 Å². The molecule has 156 valence electrons. The summed E-state index contributed by atoms with van der Waals surface area (Å²) in [5.74, 6) is 0.360. The minimum Gasteiger partial charge on any atom is -0.377 e. The van der Waals surface area contributed by atoms with Crippen molar-refractivity contribution in [3.8, 4) is 0 Å². The maximum absolute atomic E-state index is 13.7. The average Bonchev–Trinajstić information content (AvgIpc) is 3.29. The number of rotatable bonds is 4. The van der Waals surface area contributed by atoms with Crippen LogP contribution in [0.2, 0.25) is 0 Å². The number of hydrogen-bond donors (Lipinski definition) is 0. The summed E-state index contributed by atoms with van der Waals surface area (Å²) in [6.07, 6.45) is 3.99. The second kappa shape index (κ2) is 7.92. The van der Waals surface area contributed by atoms with Crippen LogP contribution in [-0.2, 0) is 23.1 Å². The number of aryl methyl sites for hydroxylation is 2. The van der Waals surface area contributed by atoms with Crippen molar-refractivity contribution in [1.29, 1.82) is 0 Å². The van der Waals surface area contributed by atoms with Crippen molar-refractivity contribution < 1.29 is 9.53 Å². The normalized spacial score (nSPS) is 24.8. The zero-order valence-corrected chi connectivity index (χ0v) is 18.0. The van der Waals surface area contributed by atoms with Gasteiger partial charge in [0.05, 0.1) is 30.9 Å². The molecule has 1 aromatic heterocycles. The molecule has 0 spiro atoms. The first-order chi connectivity index (χ1) is 13.8. The smallest absolute Gasteiger partial charge is 0.228 e. The molecule has 2 fully saturated rings. The molecule has 0 unspecified atom stereocenters. The van der Waals surface area contributed by atoms with E-state index in [1.807, 2.05) is 22.8 Å². The molecule has 1 aromatic carbocycles. The Bertz CT molecular complexity index is 875. The van der Waals surface area contributed by atoms with Crippen LogP contribution in [0.15, 0.2) is 36.7 Å². The predicted molar refractivity (Wildman–Crippen MR) is 113 cm³/mol. The molecule has 0 aliphatic carbocycles. The molecule has 3 heterocycles. The van der Waals surface area contributed by atoms with E-state index >= 15 is 0 Å². The van der Waals surface area contributed by atoms with Crippen molar-refractivity contribution in [2.45, 2.75) is 38.8 Å². The summed E-state index contributed by atoms with van der Waals surface area (Å²) in [5.41, 5.74) is 3.52. The van der Waals surface area contributed by atoms with E-state index < -0.39 is 0 Å². The van der Waals surface area contributed by atoms with Gasteiger partial charge in [0, 0.05) is 45.3 Å². The predicted octanol–water partition coefficient (Wildman–Crippen LogP) is 2.58. The van der Waals surface area contributed by atoms with E-state index in [9.17, 15) is 4.79 Å². The lowest BCUT2D eigenvalue weighted by atomic mass is 9.88. The van der Waals surface area contributed by atoms with E-state index in [4.69, 9.17) is 4.74 Å². The Morgan fingerprint density at radius 1 is 1.28 bits per heavy atom. The lowest BCUT2D eigenvalue weighted by molar-refractivity contribution is -0.150. The SMILES string of the molecule is Cc1ccccc1CN1C[C@H](C(=O)N2CCOCC2(C)C)[C@@H](c2cnn(C)c2)C1. The Kier molecular flexibility index (Phi) is 5.49. The molecule has 0 saturated carbocycles. The number of ether oxygens (including phenoxy) is 1. The highest BCUT2D eigenvalue weighted by molar-refractivity contribution is 5.81. The summed E-state index contributed by atoms with van der Waals surface area (Å²) in [7, 11) is 1.94. The fourth-order valence-corrected chi connectivity index (χ4v) is 4.73. The van der Waals surface area contributed by atoms with Crippen molar-refractivity contribution >= 4 is 5.91 Å². The number of amides is 1. The molecule has 1 amide bonds. The van der Waals surface area contributed by atoms with Crippen LogP contribution >= 0.6 is 0 Å². The van der Waals surface area contributed by atoms with Crippen LogP contribution < -0.4 is 0 Å². The van der Waals surface area contributed by atoms with E-state index in [1.54, 1.807) is 0 Å². The highest BCUT2D eigenvalue weighted by atomic mass is 16.5. The van der Waals surface area contributed by atoms with Crippen LogP contribution in [0.3, 0.4) is 0 Å². The molecule has 2 atom stereocenters. The molecule has 6 heteroatoms. The Morgan fingerprint density at radius 2 is 2.07 bits per heavy atom. The number of carbonyl (C=O) groups is 1. The maximum atomic E-state index is 13.7. The molecule has 29 heavy (non-hydrogen) atoms. The molecule has 2 saturated heterocycles. The number of likely N-dealkylation sites (tertiary alicyclic amines) is 1. The Balaban J connectivity index is 1.59. The molecular formula is C23H32N4O2. The molecule has 2 aliphatic heterocycles. The highest BCUT2D eigenvalue weighted by Crippen LogP contribution is 2.36. The molecule has 0 radical (unpaired) electrons. The second-order valence-electron chi connectivity index (χ2n) is 9.14. The zero-order chi connectivity index (χ0) is 20.6. The summed E-state index contributed by atoms with van der Waals surface area (Å²) in [4.78, 5) is 18.2. The fourth-order valence-electron chi connectivity index (χ4n) is 4.73. The van der Waals surface area contributed by atoms with Gasteiger partial charge in [-0.1, -0.05) is 24.3 Å². The first-order valence-electron chi connectivity index (χ1n) is 10.5. The first kappa shape index (κ1) is 20.1. The van der Waals surface area contributed by atoms with Crippen molar-refractivity contribution in [3.05, 3.63) is 53.3 Å². The van der Waals surface area contributed by atoms with Crippen molar-refractivity contribution in [2.24, 2.45) is 13.0 Å². The van der Waals surface area contributed by atoms with Gasteiger partial charge < -0.3 is 9.64 Å². The van der Waals surface area contributed by atoms with Gasteiger partial charge in [-0.2, -0.15) is 5.10 Å². The van der Waals surface area contributed by atoms with E-state index in [2.05, 4.69) is 61.2 Å². The molecule has 2 aromatic rings. The lowest BCUT2D eigenvalue weighted by Crippen LogP contribution is -2.57. The summed E-state index contributed by atoms with van der Waals surface area (Å²) in [6.45, 7) is 10.8. The summed E-state index contributed by atoms with van der Waals surface area (Å²) in [5, 5.41) is 4.37. The molecular weight excluding hydrogens is 364 g/mol. The molecule has 0 bridgehead atoms. The first-order valence-corrected chi connectivity index (χ1v) is 10.5. The average molecular weight is 397 g/mol. The van der Waals surface area contributed by atoms with E-state index in [0.29, 0.717) is 19.8 Å². The largest absolute Gasteiger partial charge is 0.377 e. The van der Waals surface area contributed by atoms with E-state index in [1.165, 1.54) is 11.1 Å². The quantitative estimate of drug-likeness (QED) is 0.797. The van der Waals surface area contributed by atoms with Crippen LogP contribution in [-0.4, -0.2) is 63.9 Å². The number of benzene rings is 1. The minimum absolute atomic E-state index is 0.0550. The van der Waals surface area contributed by atoms with Crippen LogP contribution in [0.25, 0.3) is 0 Å². The van der Waals surface area contributed by atoms with E-state index in [0.717, 1.165) is 25.2 Å². The lowest BCUT2D eigenvalue weighted by Gasteiger charge is -2.43. The standard InChI is InChI=1S/C23H32N4O2/c1-17-7-5-6-8-18(17)13-26-14-20(19-11-24-25(4)12-19)21(15-26)22(28)27-9-10-29-16-23(27,2)3/h5-8,11-12,20-21H,9-10,13-16H2,1-4H3/t20-,21+/m1/s1. The van der Waals surface area contributed by atoms with Gasteiger partial charge in [0.2, 0.25) is 5.91 Å². The van der Waals surface area contributed by atoms with Gasteiger partial charge in [0.15, 0.2) is 0 Å². The molecule has 6 nitrogen and oxygen atoms in total. The number of hydrogen-bond acceptors (Lipinski definition) is 4. The maximum Gasteiger partial charge on any atom is 0.228 e. The van der Waals surface area contributed by atoms with Crippen molar-refractivity contribution in [2.75, 3.05) is 32.8 Å². The Labute approximate surface area is 173 Å². The topological polar surface area (TPSA) is 50.6 Å². The van der Waals surface area contributed by atoms with Crippen molar-refractivity contribution in [1.82, 2.24) is 19.6 Å². The fraction of sp³-hybridized carbons (Fsp3) is 0.565. The van der Waals surface area contributed by atoms with Crippen LogP contribution in [0.1, 0.15) is 36.5 Å². The van der Waals surface area contributed by atoms with Gasteiger partial charge in [-0.05, 0) is 37.5 Å². The van der Waals surface area contributed by atoms with Gasteiger partial charge >= 0.3 is 0 Å². The summed E-state index contributed by atoms with van der Waals surface area (Å²) >= 11 is 0. The monoisotopic (exact) mass is 396 g/mol. The minimum atomic E-state index is -0.266. The molecule has 4 rings (SSSR count). The molecule has 0 N–H and O–H groups in total. The van der Waals surface area contributed by atoms with Crippen LogP contribution in [0.5, 0.6) is 0 Å². The third-order valence-corrected chi connectivity index (χ3v) is 6.43. The zero-order valence-electron chi connectivity index (χ0n) is 18.0. The van der Waals surface area contributed by atoms with Crippen LogP contribution in [0.4, 0.5) is 0 Å². The number of nitrogens with zero attached hydrogens (tertiary/aromatic N) is 4. The summed E-state index contributed by atoms with van der Waals surface area (Å²) in [6, 6.07) is 8.52. The number of carbonyl (C=O) groups excluding carboxylic acids is 1. The van der Waals surface area contributed by atoms with Gasteiger partial charge in [-0.25, -0.2) is 0 Å². The van der Waals surface area contributed by atoms with Gasteiger partial charge in [0.25, 0.3) is 0 Å². The van der Waals surface area contributed by atoms with E-state index in [-0.39, 0.29) is 23.3 Å². The Hall–Kier alpha value is -2.18. The Morgan fingerprint density at radius 3 is 2.76 bits per heavy atom. The van der Waals surface area contributed by atoms with Gasteiger partial charge in [0.1, 0.15) is 0 Å². The molecule has 2 aliphatic rings. The third kappa shape index (κ3) is 4.09. The number of aromatic nitrogens is 2. The third-order valence-electron chi connectivity index (χ3n) is 6.43. The highest BCUT2D eigenvalue weighted by Gasteiger charge is 2.44. The number of morpholine rings is 1. The van der Waals surface area contributed by atoms with Gasteiger partial charge in [-0.15, -0.1) is 0 Å². The summed E-state index contributed by atoms with van der Waals surface area (Å²) < 4.78 is 7.47. The van der Waals surface area contributed by atoms with Gasteiger partial charge in [-0.3, -0.25) is 14.4 Å². The van der Waals surface area contributed by atoms with Crippen molar-refractivity contribution in [3.63, 3.8) is 0 Å². The second-order valence-corrected chi connectivity index (χ2v) is 9.14.